The molecule has 0 fully saturated rings. The number of carboxylic acid groups (broad SMARTS) is 1. The maximum atomic E-state index is 11.0. The van der Waals surface area contributed by atoms with Crippen molar-refractivity contribution in [1.82, 2.24) is 15.5 Å². The second-order valence-electron chi connectivity index (χ2n) is 5.17. The maximum absolute atomic E-state index is 11.0. The average Bonchev–Trinajstić information content (AvgIpc) is 2.85. The molecule has 0 bridgehead atoms. The topological polar surface area (TPSA) is 88.2 Å². The highest BCUT2D eigenvalue weighted by Crippen LogP contribution is 2.18. The molecular weight excluding hydrogens is 258 g/mol. The quantitative estimate of drug-likeness (QED) is 0.867. The fourth-order valence-electron chi connectivity index (χ4n) is 1.60. The van der Waals surface area contributed by atoms with Crippen LogP contribution in [-0.4, -0.2) is 26.8 Å². The van der Waals surface area contributed by atoms with Crippen LogP contribution in [0.3, 0.4) is 0 Å². The molecular formula is C14H17N3O3. The van der Waals surface area contributed by atoms with Crippen LogP contribution in [-0.2, 0) is 11.3 Å². The second kappa shape index (κ2) is 5.42. The summed E-state index contributed by atoms with van der Waals surface area (Å²) in [5.41, 5.74) is 0.915. The minimum absolute atomic E-state index is 0.231. The molecule has 106 valence electrons. The zero-order valence-electron chi connectivity index (χ0n) is 11.7. The Labute approximate surface area is 116 Å². The molecule has 0 aliphatic rings. The number of aryl methyl sites for hydroxylation is 1. The third kappa shape index (κ3) is 3.21. The summed E-state index contributed by atoms with van der Waals surface area (Å²) in [6.07, 6.45) is 0. The van der Waals surface area contributed by atoms with Gasteiger partial charge in [-0.2, -0.15) is 4.98 Å². The fraction of sp³-hybridized carbons (Fsp3) is 0.357. The lowest BCUT2D eigenvalue weighted by molar-refractivity contribution is -0.143. The van der Waals surface area contributed by atoms with E-state index in [0.29, 0.717) is 11.7 Å². The van der Waals surface area contributed by atoms with Gasteiger partial charge in [0.05, 0.1) is 6.54 Å². The summed E-state index contributed by atoms with van der Waals surface area (Å²) >= 11 is 0. The molecule has 0 spiro atoms. The predicted molar refractivity (Wildman–Crippen MR) is 73.0 cm³/mol. The molecule has 0 unspecified atom stereocenters. The monoisotopic (exact) mass is 275 g/mol. The van der Waals surface area contributed by atoms with Crippen molar-refractivity contribution in [2.24, 2.45) is 0 Å². The summed E-state index contributed by atoms with van der Waals surface area (Å²) < 4.78 is 5.18. The van der Waals surface area contributed by atoms with Gasteiger partial charge in [-0.05, 0) is 32.9 Å². The van der Waals surface area contributed by atoms with Crippen molar-refractivity contribution >= 4 is 5.97 Å². The number of benzene rings is 1. The molecule has 1 heterocycles. The van der Waals surface area contributed by atoms with E-state index < -0.39 is 11.5 Å². The number of hydrogen-bond donors (Lipinski definition) is 2. The third-order valence-corrected chi connectivity index (χ3v) is 2.96. The van der Waals surface area contributed by atoms with E-state index in [2.05, 4.69) is 15.5 Å². The SMILES string of the molecule is Cc1cccc(-c2nc(CNC(C)(C)C(=O)O)no2)c1. The van der Waals surface area contributed by atoms with Gasteiger partial charge in [-0.15, -0.1) is 0 Å². The molecule has 0 amide bonds. The number of carboxylic acids is 1. The minimum Gasteiger partial charge on any atom is -0.480 e. The Hall–Kier alpha value is -2.21. The first kappa shape index (κ1) is 14.2. The van der Waals surface area contributed by atoms with E-state index in [1.165, 1.54) is 0 Å². The summed E-state index contributed by atoms with van der Waals surface area (Å²) in [5, 5.41) is 15.7. The molecule has 1 aromatic carbocycles. The summed E-state index contributed by atoms with van der Waals surface area (Å²) in [4.78, 5) is 15.2. The number of aliphatic carboxylic acids is 1. The highest BCUT2D eigenvalue weighted by atomic mass is 16.5. The number of aromatic nitrogens is 2. The molecule has 2 aromatic rings. The number of hydrogen-bond acceptors (Lipinski definition) is 5. The largest absolute Gasteiger partial charge is 0.480 e. The lowest BCUT2D eigenvalue weighted by atomic mass is 10.1. The average molecular weight is 275 g/mol. The van der Waals surface area contributed by atoms with Gasteiger partial charge < -0.3 is 9.63 Å². The Morgan fingerprint density at radius 1 is 1.45 bits per heavy atom. The normalized spacial score (nSPS) is 11.6. The van der Waals surface area contributed by atoms with Crippen LogP contribution in [0, 0.1) is 6.92 Å². The Bertz CT molecular complexity index is 620. The van der Waals surface area contributed by atoms with Crippen LogP contribution >= 0.6 is 0 Å². The standard InChI is InChI=1S/C14H17N3O3/c1-9-5-4-6-10(7-9)12-16-11(17-20-12)8-15-14(2,3)13(18)19/h4-7,15H,8H2,1-3H3,(H,18,19). The molecule has 0 aliphatic carbocycles. The summed E-state index contributed by atoms with van der Waals surface area (Å²) in [7, 11) is 0. The van der Waals surface area contributed by atoms with Gasteiger partial charge in [-0.3, -0.25) is 10.1 Å². The van der Waals surface area contributed by atoms with Crippen molar-refractivity contribution in [1.29, 1.82) is 0 Å². The molecule has 0 radical (unpaired) electrons. The molecule has 2 rings (SSSR count). The molecule has 0 saturated heterocycles. The van der Waals surface area contributed by atoms with Gasteiger partial charge in [0.15, 0.2) is 5.82 Å². The lowest BCUT2D eigenvalue weighted by Crippen LogP contribution is -2.46. The van der Waals surface area contributed by atoms with Crippen LogP contribution in [0.4, 0.5) is 0 Å². The van der Waals surface area contributed by atoms with Crippen molar-refractivity contribution < 1.29 is 14.4 Å². The summed E-state index contributed by atoms with van der Waals surface area (Å²) in [6.45, 7) is 5.38. The van der Waals surface area contributed by atoms with Gasteiger partial charge >= 0.3 is 5.97 Å². The minimum atomic E-state index is -1.04. The van der Waals surface area contributed by atoms with E-state index in [1.54, 1.807) is 13.8 Å². The van der Waals surface area contributed by atoms with Crippen molar-refractivity contribution in [2.45, 2.75) is 32.9 Å². The first-order valence-electron chi connectivity index (χ1n) is 6.26. The van der Waals surface area contributed by atoms with Crippen molar-refractivity contribution in [3.05, 3.63) is 35.7 Å². The zero-order valence-corrected chi connectivity index (χ0v) is 11.7. The van der Waals surface area contributed by atoms with Gasteiger partial charge in [0.25, 0.3) is 5.89 Å². The Kier molecular flexibility index (Phi) is 3.85. The maximum Gasteiger partial charge on any atom is 0.323 e. The van der Waals surface area contributed by atoms with E-state index in [0.717, 1.165) is 11.1 Å². The van der Waals surface area contributed by atoms with E-state index in [9.17, 15) is 4.79 Å². The summed E-state index contributed by atoms with van der Waals surface area (Å²) in [5.74, 6) is -0.0747. The van der Waals surface area contributed by atoms with Gasteiger partial charge in [0.1, 0.15) is 5.54 Å². The van der Waals surface area contributed by atoms with Crippen LogP contribution < -0.4 is 5.32 Å². The highest BCUT2D eigenvalue weighted by molar-refractivity contribution is 5.77. The predicted octanol–water partition coefficient (Wildman–Crippen LogP) is 2.00. The summed E-state index contributed by atoms with van der Waals surface area (Å²) in [6, 6.07) is 7.74. The van der Waals surface area contributed by atoms with E-state index in [4.69, 9.17) is 9.63 Å². The molecule has 1 aromatic heterocycles. The van der Waals surface area contributed by atoms with Crippen molar-refractivity contribution in [3.8, 4) is 11.5 Å². The van der Waals surface area contributed by atoms with E-state index in [1.807, 2.05) is 31.2 Å². The third-order valence-electron chi connectivity index (χ3n) is 2.96. The Balaban J connectivity index is 2.08. The first-order chi connectivity index (χ1) is 9.38. The molecule has 2 N–H and O–H groups in total. The number of nitrogens with zero attached hydrogens (tertiary/aromatic N) is 2. The smallest absolute Gasteiger partial charge is 0.323 e. The van der Waals surface area contributed by atoms with Gasteiger partial charge in [-0.1, -0.05) is 22.9 Å². The van der Waals surface area contributed by atoms with E-state index in [-0.39, 0.29) is 6.54 Å². The van der Waals surface area contributed by atoms with Crippen molar-refractivity contribution in [3.63, 3.8) is 0 Å². The molecule has 20 heavy (non-hydrogen) atoms. The Morgan fingerprint density at radius 2 is 2.20 bits per heavy atom. The number of carbonyl (C=O) groups is 1. The van der Waals surface area contributed by atoms with Crippen LogP contribution in [0.2, 0.25) is 0 Å². The Morgan fingerprint density at radius 3 is 2.85 bits per heavy atom. The molecule has 6 heteroatoms. The second-order valence-corrected chi connectivity index (χ2v) is 5.17. The van der Waals surface area contributed by atoms with Crippen LogP contribution in [0.5, 0.6) is 0 Å². The number of rotatable bonds is 5. The van der Waals surface area contributed by atoms with Crippen LogP contribution in [0.25, 0.3) is 11.5 Å². The molecule has 0 aliphatic heterocycles. The molecule has 6 nitrogen and oxygen atoms in total. The van der Waals surface area contributed by atoms with Crippen LogP contribution in [0.15, 0.2) is 28.8 Å². The fourth-order valence-corrected chi connectivity index (χ4v) is 1.60. The van der Waals surface area contributed by atoms with Gasteiger partial charge in [-0.25, -0.2) is 0 Å². The highest BCUT2D eigenvalue weighted by Gasteiger charge is 2.26. The van der Waals surface area contributed by atoms with Gasteiger partial charge in [0.2, 0.25) is 0 Å². The number of nitrogens with one attached hydrogen (secondary N) is 1. The first-order valence-corrected chi connectivity index (χ1v) is 6.26. The van der Waals surface area contributed by atoms with E-state index >= 15 is 0 Å². The van der Waals surface area contributed by atoms with Gasteiger partial charge in [0, 0.05) is 5.56 Å². The zero-order chi connectivity index (χ0) is 14.8. The van der Waals surface area contributed by atoms with Crippen molar-refractivity contribution in [2.75, 3.05) is 0 Å². The molecule has 0 atom stereocenters. The molecule has 0 saturated carbocycles. The lowest BCUT2D eigenvalue weighted by Gasteiger charge is -2.19. The van der Waals surface area contributed by atoms with Crippen LogP contribution in [0.1, 0.15) is 25.2 Å².